The Morgan fingerprint density at radius 1 is 1.31 bits per heavy atom. The summed E-state index contributed by atoms with van der Waals surface area (Å²) in [5.74, 6) is 0. The Morgan fingerprint density at radius 3 is 2.62 bits per heavy atom. The summed E-state index contributed by atoms with van der Waals surface area (Å²) in [6, 6.07) is 10.2. The maximum absolute atomic E-state index is 5.38. The lowest BCUT2D eigenvalue weighted by molar-refractivity contribution is 0.844. The highest BCUT2D eigenvalue weighted by atomic mass is 14.7. The number of nitrogens with two attached hydrogens (primary N) is 1. The van der Waals surface area contributed by atoms with Crippen molar-refractivity contribution >= 4 is 5.71 Å². The van der Waals surface area contributed by atoms with Gasteiger partial charge in [0.25, 0.3) is 0 Å². The highest BCUT2D eigenvalue weighted by molar-refractivity contribution is 5.98. The van der Waals surface area contributed by atoms with Gasteiger partial charge in [0, 0.05) is 12.3 Å². The van der Waals surface area contributed by atoms with Gasteiger partial charge in [-0.25, -0.2) is 0 Å². The minimum absolute atomic E-state index is 0.714. The van der Waals surface area contributed by atoms with E-state index >= 15 is 0 Å². The molecule has 13 heavy (non-hydrogen) atoms. The first-order chi connectivity index (χ1) is 6.34. The second-order valence-electron chi connectivity index (χ2n) is 2.98. The van der Waals surface area contributed by atoms with Crippen molar-refractivity contribution in [3.63, 3.8) is 0 Å². The average Bonchev–Trinajstić information content (AvgIpc) is 2.19. The predicted molar refractivity (Wildman–Crippen MR) is 57.2 cm³/mol. The topological polar surface area (TPSA) is 38.4 Å². The van der Waals surface area contributed by atoms with Crippen LogP contribution in [0.5, 0.6) is 0 Å². The third-order valence-electron chi connectivity index (χ3n) is 1.90. The van der Waals surface area contributed by atoms with Gasteiger partial charge in [0.15, 0.2) is 0 Å². The first kappa shape index (κ1) is 9.93. The molecule has 0 spiro atoms. The fourth-order valence-corrected chi connectivity index (χ4v) is 1.11. The van der Waals surface area contributed by atoms with Crippen molar-refractivity contribution in [1.29, 1.82) is 0 Å². The number of benzene rings is 1. The van der Waals surface area contributed by atoms with Crippen molar-refractivity contribution in [3.05, 3.63) is 35.9 Å². The first-order valence-electron chi connectivity index (χ1n) is 4.61. The molecule has 0 aliphatic heterocycles. The van der Waals surface area contributed by atoms with Crippen LogP contribution in [0.4, 0.5) is 0 Å². The second kappa shape index (κ2) is 5.49. The summed E-state index contributed by atoms with van der Waals surface area (Å²) >= 11 is 0. The van der Waals surface area contributed by atoms with Gasteiger partial charge in [0.1, 0.15) is 0 Å². The Kier molecular flexibility index (Phi) is 4.19. The monoisotopic (exact) mass is 176 g/mol. The molecule has 70 valence electrons. The summed E-state index contributed by atoms with van der Waals surface area (Å²) in [4.78, 5) is 4.42. The zero-order valence-electron chi connectivity index (χ0n) is 8.03. The van der Waals surface area contributed by atoms with Gasteiger partial charge in [-0.15, -0.1) is 0 Å². The number of rotatable bonds is 4. The van der Waals surface area contributed by atoms with E-state index in [1.165, 1.54) is 5.56 Å². The Morgan fingerprint density at radius 2 is 2.00 bits per heavy atom. The molecule has 1 aromatic carbocycles. The summed E-state index contributed by atoms with van der Waals surface area (Å²) < 4.78 is 0. The zero-order valence-corrected chi connectivity index (χ0v) is 8.03. The molecule has 0 saturated heterocycles. The maximum Gasteiger partial charge on any atom is 0.0404 e. The molecule has 2 N–H and O–H groups in total. The lowest BCUT2D eigenvalue weighted by Crippen LogP contribution is -2.02. The van der Waals surface area contributed by atoms with Crippen LogP contribution in [0.2, 0.25) is 0 Å². The largest absolute Gasteiger partial charge is 0.330 e. The maximum atomic E-state index is 5.38. The quantitative estimate of drug-likeness (QED) is 0.551. The number of nitrogens with zero attached hydrogens (tertiary/aromatic N) is 1. The van der Waals surface area contributed by atoms with E-state index in [1.807, 2.05) is 25.1 Å². The minimum Gasteiger partial charge on any atom is -0.330 e. The summed E-state index contributed by atoms with van der Waals surface area (Å²) in [7, 11) is 0. The zero-order chi connectivity index (χ0) is 9.52. The molecule has 2 heteroatoms. The highest BCUT2D eigenvalue weighted by Gasteiger charge is 1.93. The van der Waals surface area contributed by atoms with Crippen molar-refractivity contribution in [2.45, 2.75) is 13.3 Å². The van der Waals surface area contributed by atoms with Gasteiger partial charge in [-0.3, -0.25) is 4.99 Å². The van der Waals surface area contributed by atoms with Crippen LogP contribution in [-0.4, -0.2) is 18.8 Å². The van der Waals surface area contributed by atoms with Gasteiger partial charge in [-0.2, -0.15) is 0 Å². The van der Waals surface area contributed by atoms with Gasteiger partial charge in [0.05, 0.1) is 0 Å². The van der Waals surface area contributed by atoms with Crippen LogP contribution in [0.3, 0.4) is 0 Å². The summed E-state index contributed by atoms with van der Waals surface area (Å²) in [6.45, 7) is 3.58. The highest BCUT2D eigenvalue weighted by Crippen LogP contribution is 2.00. The molecule has 0 saturated carbocycles. The fourth-order valence-electron chi connectivity index (χ4n) is 1.11. The van der Waals surface area contributed by atoms with Crippen molar-refractivity contribution in [3.8, 4) is 0 Å². The van der Waals surface area contributed by atoms with Crippen molar-refractivity contribution < 1.29 is 0 Å². The standard InChI is InChI=1S/C11H16N2/c1-10(13-9-5-8-12)11-6-3-2-4-7-11/h2-4,6-7H,5,8-9,12H2,1H3. The molecule has 0 atom stereocenters. The number of hydrogen-bond donors (Lipinski definition) is 1. The molecule has 0 aliphatic carbocycles. The number of aliphatic imine (C=N–C) groups is 1. The van der Waals surface area contributed by atoms with E-state index in [4.69, 9.17) is 5.73 Å². The van der Waals surface area contributed by atoms with E-state index in [0.29, 0.717) is 6.54 Å². The predicted octanol–water partition coefficient (Wildman–Crippen LogP) is 1.84. The Balaban J connectivity index is 2.57. The molecule has 1 aromatic rings. The Hall–Kier alpha value is -1.15. The molecule has 0 fully saturated rings. The van der Waals surface area contributed by atoms with Gasteiger partial charge >= 0.3 is 0 Å². The van der Waals surface area contributed by atoms with Crippen LogP contribution in [0.25, 0.3) is 0 Å². The van der Waals surface area contributed by atoms with E-state index in [9.17, 15) is 0 Å². The molecule has 0 aliphatic rings. The van der Waals surface area contributed by atoms with E-state index in [0.717, 1.165) is 18.7 Å². The molecule has 0 radical (unpaired) electrons. The van der Waals surface area contributed by atoms with E-state index < -0.39 is 0 Å². The van der Waals surface area contributed by atoms with Crippen LogP contribution >= 0.6 is 0 Å². The molecule has 0 heterocycles. The van der Waals surface area contributed by atoms with Gasteiger partial charge in [-0.05, 0) is 25.5 Å². The van der Waals surface area contributed by atoms with Gasteiger partial charge in [0.2, 0.25) is 0 Å². The SMILES string of the molecule is CC(=NCCCN)c1ccccc1. The first-order valence-corrected chi connectivity index (χ1v) is 4.61. The summed E-state index contributed by atoms with van der Waals surface area (Å²) in [6.07, 6.45) is 0.962. The van der Waals surface area contributed by atoms with Crippen molar-refractivity contribution in [2.75, 3.05) is 13.1 Å². The molecule has 2 nitrogen and oxygen atoms in total. The average molecular weight is 176 g/mol. The lowest BCUT2D eigenvalue weighted by Gasteiger charge is -1.99. The van der Waals surface area contributed by atoms with Crippen molar-refractivity contribution in [1.82, 2.24) is 0 Å². The van der Waals surface area contributed by atoms with E-state index in [1.54, 1.807) is 0 Å². The van der Waals surface area contributed by atoms with Crippen molar-refractivity contribution in [2.24, 2.45) is 10.7 Å². The molecule has 0 amide bonds. The molecular formula is C11H16N2. The molecule has 0 unspecified atom stereocenters. The van der Waals surface area contributed by atoms with Crippen LogP contribution in [-0.2, 0) is 0 Å². The molecule has 1 rings (SSSR count). The minimum atomic E-state index is 0.714. The fraction of sp³-hybridized carbons (Fsp3) is 0.364. The van der Waals surface area contributed by atoms with Crippen LogP contribution in [0.15, 0.2) is 35.3 Å². The Labute approximate surface area is 79.5 Å². The number of hydrogen-bond acceptors (Lipinski definition) is 2. The summed E-state index contributed by atoms with van der Waals surface area (Å²) in [5.41, 5.74) is 7.67. The smallest absolute Gasteiger partial charge is 0.0404 e. The second-order valence-corrected chi connectivity index (χ2v) is 2.98. The van der Waals surface area contributed by atoms with E-state index in [2.05, 4.69) is 17.1 Å². The lowest BCUT2D eigenvalue weighted by atomic mass is 10.1. The molecular weight excluding hydrogens is 160 g/mol. The van der Waals surface area contributed by atoms with Crippen LogP contribution in [0, 0.1) is 0 Å². The van der Waals surface area contributed by atoms with Gasteiger partial charge in [-0.1, -0.05) is 30.3 Å². The van der Waals surface area contributed by atoms with Crippen LogP contribution in [0.1, 0.15) is 18.9 Å². The van der Waals surface area contributed by atoms with Gasteiger partial charge < -0.3 is 5.73 Å². The van der Waals surface area contributed by atoms with E-state index in [-0.39, 0.29) is 0 Å². The molecule has 0 bridgehead atoms. The summed E-state index contributed by atoms with van der Waals surface area (Å²) in [5, 5.41) is 0. The normalized spacial score (nSPS) is 11.7. The molecule has 0 aromatic heterocycles. The Bertz CT molecular complexity index is 265. The third-order valence-corrected chi connectivity index (χ3v) is 1.90. The van der Waals surface area contributed by atoms with Crippen LogP contribution < -0.4 is 5.73 Å². The third kappa shape index (κ3) is 3.38.